The van der Waals surface area contributed by atoms with Gasteiger partial charge in [0, 0.05) is 12.2 Å². The zero-order valence-corrected chi connectivity index (χ0v) is 16.7. The van der Waals surface area contributed by atoms with Gasteiger partial charge in [-0.15, -0.1) is 11.3 Å². The third kappa shape index (κ3) is 5.05. The van der Waals surface area contributed by atoms with Gasteiger partial charge in [-0.1, -0.05) is 6.07 Å². The first kappa shape index (κ1) is 19.8. The molecule has 28 heavy (non-hydrogen) atoms. The van der Waals surface area contributed by atoms with E-state index in [1.165, 1.54) is 11.3 Å². The number of amides is 2. The standard InChI is InChI=1S/C18H19N5O3S2/c1-2-19-16(25)11-26-13-7-5-12(6-8-13)20-15(24)10-23-17(21-22-18(23)27)14-4-3-9-28-14/h3-9H,2,10-11H2,1H3,(H,19,25)(H,20,24)(H,22,27). The molecule has 0 saturated carbocycles. The Morgan fingerprint density at radius 1 is 1.25 bits per heavy atom. The van der Waals surface area contributed by atoms with Crippen LogP contribution in [0, 0.1) is 4.77 Å². The quantitative estimate of drug-likeness (QED) is 0.489. The fraction of sp³-hybridized carbons (Fsp3) is 0.222. The molecular weight excluding hydrogens is 398 g/mol. The Balaban J connectivity index is 1.59. The predicted molar refractivity (Wildman–Crippen MR) is 110 cm³/mol. The van der Waals surface area contributed by atoms with Crippen LogP contribution < -0.4 is 15.4 Å². The molecule has 2 aromatic heterocycles. The van der Waals surface area contributed by atoms with Gasteiger partial charge in [0.2, 0.25) is 5.91 Å². The molecule has 0 aliphatic carbocycles. The highest BCUT2D eigenvalue weighted by atomic mass is 32.1. The van der Waals surface area contributed by atoms with Crippen LogP contribution in [0.3, 0.4) is 0 Å². The number of H-pyrrole nitrogens is 1. The summed E-state index contributed by atoms with van der Waals surface area (Å²) in [5.74, 6) is 0.759. The van der Waals surface area contributed by atoms with E-state index in [1.807, 2.05) is 24.4 Å². The number of aromatic amines is 1. The molecule has 0 unspecified atom stereocenters. The summed E-state index contributed by atoms with van der Waals surface area (Å²) in [6.07, 6.45) is 0. The Labute approximate surface area is 170 Å². The molecule has 0 aliphatic heterocycles. The van der Waals surface area contributed by atoms with E-state index in [0.29, 0.717) is 28.6 Å². The highest BCUT2D eigenvalue weighted by molar-refractivity contribution is 7.71. The molecule has 1 aromatic carbocycles. The van der Waals surface area contributed by atoms with Crippen LogP contribution in [-0.2, 0) is 16.1 Å². The number of aromatic nitrogens is 3. The van der Waals surface area contributed by atoms with Gasteiger partial charge in [-0.05, 0) is 54.9 Å². The summed E-state index contributed by atoms with van der Waals surface area (Å²) < 4.78 is 7.42. The maximum atomic E-state index is 12.4. The highest BCUT2D eigenvalue weighted by Gasteiger charge is 2.13. The van der Waals surface area contributed by atoms with Crippen molar-refractivity contribution in [2.75, 3.05) is 18.5 Å². The predicted octanol–water partition coefficient (Wildman–Crippen LogP) is 2.82. The van der Waals surface area contributed by atoms with Gasteiger partial charge in [0.25, 0.3) is 5.91 Å². The zero-order chi connectivity index (χ0) is 19.9. The molecule has 0 aliphatic rings. The zero-order valence-electron chi connectivity index (χ0n) is 15.1. The molecule has 0 saturated heterocycles. The number of rotatable bonds is 8. The van der Waals surface area contributed by atoms with Crippen molar-refractivity contribution in [3.8, 4) is 16.5 Å². The van der Waals surface area contributed by atoms with Crippen molar-refractivity contribution in [2.45, 2.75) is 13.5 Å². The molecule has 2 amide bonds. The van der Waals surface area contributed by atoms with E-state index >= 15 is 0 Å². The fourth-order valence-corrected chi connectivity index (χ4v) is 3.35. The van der Waals surface area contributed by atoms with Crippen molar-refractivity contribution in [3.63, 3.8) is 0 Å². The maximum absolute atomic E-state index is 12.4. The van der Waals surface area contributed by atoms with Gasteiger partial charge < -0.3 is 15.4 Å². The average Bonchev–Trinajstić information content (AvgIpc) is 3.32. The number of carbonyl (C=O) groups is 2. The van der Waals surface area contributed by atoms with E-state index in [2.05, 4.69) is 20.8 Å². The Kier molecular flexibility index (Phi) is 6.56. The average molecular weight is 418 g/mol. The third-order valence-corrected chi connectivity index (χ3v) is 4.86. The van der Waals surface area contributed by atoms with Gasteiger partial charge in [-0.25, -0.2) is 0 Å². The first-order valence-corrected chi connectivity index (χ1v) is 9.84. The van der Waals surface area contributed by atoms with Gasteiger partial charge in [0.1, 0.15) is 12.3 Å². The summed E-state index contributed by atoms with van der Waals surface area (Å²) in [7, 11) is 0. The van der Waals surface area contributed by atoms with Gasteiger partial charge in [0.15, 0.2) is 17.2 Å². The molecule has 0 spiro atoms. The van der Waals surface area contributed by atoms with Gasteiger partial charge in [0.05, 0.1) is 4.88 Å². The van der Waals surface area contributed by atoms with Crippen molar-refractivity contribution in [2.24, 2.45) is 0 Å². The van der Waals surface area contributed by atoms with Crippen molar-refractivity contribution in [1.29, 1.82) is 0 Å². The first-order chi connectivity index (χ1) is 13.6. The van der Waals surface area contributed by atoms with Crippen LogP contribution in [0.25, 0.3) is 10.7 Å². The Hall–Kier alpha value is -2.98. The molecule has 0 radical (unpaired) electrons. The first-order valence-electron chi connectivity index (χ1n) is 8.55. The summed E-state index contributed by atoms with van der Waals surface area (Å²) in [5.41, 5.74) is 0.614. The molecule has 0 fully saturated rings. The van der Waals surface area contributed by atoms with E-state index in [0.717, 1.165) is 4.88 Å². The largest absolute Gasteiger partial charge is 0.484 e. The van der Waals surface area contributed by atoms with Crippen molar-refractivity contribution < 1.29 is 14.3 Å². The summed E-state index contributed by atoms with van der Waals surface area (Å²) in [4.78, 5) is 24.8. The second-order valence-electron chi connectivity index (χ2n) is 5.73. The molecule has 10 heteroatoms. The number of nitrogens with one attached hydrogen (secondary N) is 3. The molecule has 0 atom stereocenters. The SMILES string of the molecule is CCNC(=O)COc1ccc(NC(=O)Cn2c(-c3cccs3)n[nH]c2=S)cc1. The smallest absolute Gasteiger partial charge is 0.257 e. The monoisotopic (exact) mass is 417 g/mol. The number of hydrogen-bond donors (Lipinski definition) is 3. The van der Waals surface area contributed by atoms with Crippen LogP contribution in [0.15, 0.2) is 41.8 Å². The Morgan fingerprint density at radius 2 is 2.04 bits per heavy atom. The van der Waals surface area contributed by atoms with E-state index in [-0.39, 0.29) is 25.0 Å². The lowest BCUT2D eigenvalue weighted by Crippen LogP contribution is -2.28. The normalized spacial score (nSPS) is 10.5. The number of hydrogen-bond acceptors (Lipinski definition) is 6. The van der Waals surface area contributed by atoms with Crippen LogP contribution in [0.2, 0.25) is 0 Å². The minimum atomic E-state index is -0.230. The van der Waals surface area contributed by atoms with Gasteiger partial charge in [-0.2, -0.15) is 5.10 Å². The van der Waals surface area contributed by atoms with E-state index in [9.17, 15) is 9.59 Å². The summed E-state index contributed by atoms with van der Waals surface area (Å²) in [5, 5.41) is 14.3. The fourth-order valence-electron chi connectivity index (χ4n) is 2.43. The summed E-state index contributed by atoms with van der Waals surface area (Å²) in [6.45, 7) is 2.39. The molecular formula is C18H19N5O3S2. The molecule has 2 heterocycles. The molecule has 3 aromatic rings. The van der Waals surface area contributed by atoms with E-state index in [1.54, 1.807) is 28.8 Å². The Morgan fingerprint density at radius 3 is 2.71 bits per heavy atom. The second-order valence-corrected chi connectivity index (χ2v) is 7.06. The van der Waals surface area contributed by atoms with Crippen LogP contribution in [0.4, 0.5) is 5.69 Å². The van der Waals surface area contributed by atoms with E-state index in [4.69, 9.17) is 17.0 Å². The van der Waals surface area contributed by atoms with Crippen LogP contribution >= 0.6 is 23.6 Å². The summed E-state index contributed by atoms with van der Waals surface area (Å²) in [6, 6.07) is 10.6. The minimum Gasteiger partial charge on any atom is -0.484 e. The van der Waals surface area contributed by atoms with Crippen LogP contribution in [0.5, 0.6) is 5.75 Å². The van der Waals surface area contributed by atoms with E-state index < -0.39 is 0 Å². The molecule has 3 rings (SSSR count). The Bertz CT molecular complexity index is 993. The minimum absolute atomic E-state index is 0.0397. The molecule has 0 bridgehead atoms. The van der Waals surface area contributed by atoms with Crippen molar-refractivity contribution in [3.05, 3.63) is 46.5 Å². The lowest BCUT2D eigenvalue weighted by molar-refractivity contribution is -0.123. The number of ether oxygens (including phenoxy) is 1. The van der Waals surface area contributed by atoms with Crippen molar-refractivity contribution >= 4 is 41.1 Å². The topological polar surface area (TPSA) is 101 Å². The number of nitrogens with zero attached hydrogens (tertiary/aromatic N) is 2. The number of thiophene rings is 1. The number of anilines is 1. The van der Waals surface area contributed by atoms with Crippen molar-refractivity contribution in [1.82, 2.24) is 20.1 Å². The summed E-state index contributed by atoms with van der Waals surface area (Å²) >= 11 is 6.76. The molecule has 8 nitrogen and oxygen atoms in total. The highest BCUT2D eigenvalue weighted by Crippen LogP contribution is 2.23. The van der Waals surface area contributed by atoms with Gasteiger partial charge >= 0.3 is 0 Å². The van der Waals surface area contributed by atoms with Gasteiger partial charge in [-0.3, -0.25) is 19.3 Å². The number of benzene rings is 1. The molecule has 3 N–H and O–H groups in total. The molecule has 146 valence electrons. The lowest BCUT2D eigenvalue weighted by atomic mass is 10.3. The second kappa shape index (κ2) is 9.29. The maximum Gasteiger partial charge on any atom is 0.257 e. The van der Waals surface area contributed by atoms with Crippen LogP contribution in [-0.4, -0.2) is 39.7 Å². The third-order valence-electron chi connectivity index (χ3n) is 3.68. The lowest BCUT2D eigenvalue weighted by Gasteiger charge is -2.09. The number of carbonyl (C=O) groups excluding carboxylic acids is 2. The van der Waals surface area contributed by atoms with Crippen LogP contribution in [0.1, 0.15) is 6.92 Å². The number of likely N-dealkylation sites (N-methyl/N-ethyl adjacent to an activating group) is 1.